The number of nitrogen functional groups attached to an aromatic ring is 1. The van der Waals surface area contributed by atoms with Crippen molar-refractivity contribution >= 4 is 22.4 Å². The minimum absolute atomic E-state index is 0.136. The quantitative estimate of drug-likeness (QED) is 0.499. The van der Waals surface area contributed by atoms with Crippen LogP contribution >= 0.6 is 0 Å². The van der Waals surface area contributed by atoms with Crippen molar-refractivity contribution in [2.24, 2.45) is 0 Å². The van der Waals surface area contributed by atoms with E-state index in [2.05, 4.69) is 15.5 Å². The van der Waals surface area contributed by atoms with Gasteiger partial charge in [0, 0.05) is 17.9 Å². The first-order valence-electron chi connectivity index (χ1n) is 7.93. The summed E-state index contributed by atoms with van der Waals surface area (Å²) < 4.78 is 0. The molecule has 4 N–H and O–H groups in total. The summed E-state index contributed by atoms with van der Waals surface area (Å²) in [6, 6.07) is 20.6. The maximum absolute atomic E-state index is 10.2. The Bertz CT molecular complexity index is 991. The summed E-state index contributed by atoms with van der Waals surface area (Å²) in [5.41, 5.74) is 10.5. The minimum atomic E-state index is 0.136. The number of fused-ring (bicyclic) bond motifs is 1. The molecule has 0 spiro atoms. The fourth-order valence-electron chi connectivity index (χ4n) is 2.61. The lowest BCUT2D eigenvalue weighted by molar-refractivity contribution is 0.467. The summed E-state index contributed by atoms with van der Waals surface area (Å²) in [5, 5.41) is 22.4. The molecule has 6 heteroatoms. The Kier molecular flexibility index (Phi) is 3.70. The fraction of sp³-hybridized carbons (Fsp3) is 0.0526. The van der Waals surface area contributed by atoms with Crippen LogP contribution in [-0.2, 0) is 6.54 Å². The van der Waals surface area contributed by atoms with Gasteiger partial charge in [0.15, 0.2) is 0 Å². The normalized spacial score (nSPS) is 10.9. The summed E-state index contributed by atoms with van der Waals surface area (Å²) in [5.74, 6) is 0.136. The van der Waals surface area contributed by atoms with Gasteiger partial charge in [-0.3, -0.25) is 0 Å². The molecule has 0 bridgehead atoms. The molecule has 0 aliphatic rings. The predicted molar refractivity (Wildman–Crippen MR) is 98.7 cm³/mol. The highest BCUT2D eigenvalue weighted by Crippen LogP contribution is 2.23. The molecular formula is C19H17N5O. The van der Waals surface area contributed by atoms with E-state index in [0.717, 1.165) is 28.0 Å². The van der Waals surface area contributed by atoms with E-state index < -0.39 is 0 Å². The molecule has 0 atom stereocenters. The van der Waals surface area contributed by atoms with E-state index in [0.29, 0.717) is 12.2 Å². The van der Waals surface area contributed by atoms with Crippen LogP contribution in [0.25, 0.3) is 16.7 Å². The molecule has 0 saturated heterocycles. The molecule has 0 radical (unpaired) electrons. The number of rotatable bonds is 4. The summed E-state index contributed by atoms with van der Waals surface area (Å²) in [7, 11) is 0. The lowest BCUT2D eigenvalue weighted by Crippen LogP contribution is -2.03. The number of aromatic hydroxyl groups is 1. The zero-order valence-corrected chi connectivity index (χ0v) is 13.4. The number of hydrogen-bond donors (Lipinski definition) is 3. The number of hydrogen-bond acceptors (Lipinski definition) is 5. The van der Waals surface area contributed by atoms with Crippen LogP contribution in [-0.4, -0.2) is 20.1 Å². The van der Waals surface area contributed by atoms with E-state index in [1.165, 1.54) is 4.80 Å². The van der Waals surface area contributed by atoms with Crippen molar-refractivity contribution in [3.05, 3.63) is 72.3 Å². The van der Waals surface area contributed by atoms with Crippen LogP contribution in [0.15, 0.2) is 66.7 Å². The van der Waals surface area contributed by atoms with Gasteiger partial charge in [-0.1, -0.05) is 18.2 Å². The highest BCUT2D eigenvalue weighted by molar-refractivity contribution is 5.73. The Balaban J connectivity index is 1.60. The second kappa shape index (κ2) is 6.16. The number of benzene rings is 3. The maximum Gasteiger partial charge on any atom is 0.143 e. The van der Waals surface area contributed by atoms with Crippen LogP contribution in [0.4, 0.5) is 11.4 Å². The van der Waals surface area contributed by atoms with E-state index in [-0.39, 0.29) is 5.75 Å². The fourth-order valence-corrected chi connectivity index (χ4v) is 2.61. The summed E-state index contributed by atoms with van der Waals surface area (Å²) in [4.78, 5) is 1.46. The summed E-state index contributed by atoms with van der Waals surface area (Å²) >= 11 is 0. The lowest BCUT2D eigenvalue weighted by Gasteiger charge is -2.09. The van der Waals surface area contributed by atoms with Gasteiger partial charge < -0.3 is 16.2 Å². The molecule has 1 heterocycles. The number of anilines is 2. The molecular weight excluding hydrogens is 314 g/mol. The van der Waals surface area contributed by atoms with Crippen molar-refractivity contribution in [3.63, 3.8) is 0 Å². The molecule has 0 unspecified atom stereocenters. The Labute approximate surface area is 144 Å². The number of phenols is 1. The molecule has 25 heavy (non-hydrogen) atoms. The van der Waals surface area contributed by atoms with E-state index in [1.807, 2.05) is 60.7 Å². The van der Waals surface area contributed by atoms with Crippen molar-refractivity contribution in [1.29, 1.82) is 0 Å². The average molecular weight is 331 g/mol. The zero-order chi connectivity index (χ0) is 17.2. The number of nitrogens with two attached hydrogens (primary N) is 1. The molecule has 0 amide bonds. The average Bonchev–Trinajstić information content (AvgIpc) is 3.06. The van der Waals surface area contributed by atoms with Gasteiger partial charge in [-0.25, -0.2) is 0 Å². The van der Waals surface area contributed by atoms with Crippen LogP contribution in [0.5, 0.6) is 5.75 Å². The smallest absolute Gasteiger partial charge is 0.143 e. The highest BCUT2D eigenvalue weighted by atomic mass is 16.3. The monoisotopic (exact) mass is 331 g/mol. The zero-order valence-electron chi connectivity index (χ0n) is 13.4. The lowest BCUT2D eigenvalue weighted by atomic mass is 10.2. The third kappa shape index (κ3) is 3.10. The molecule has 1 aromatic heterocycles. The number of nitrogens with zero attached hydrogens (tertiary/aromatic N) is 3. The minimum Gasteiger partial charge on any atom is -0.506 e. The molecule has 124 valence electrons. The first-order chi connectivity index (χ1) is 12.2. The second-order valence-corrected chi connectivity index (χ2v) is 5.78. The topological polar surface area (TPSA) is 89.0 Å². The van der Waals surface area contributed by atoms with E-state index in [1.54, 1.807) is 6.07 Å². The van der Waals surface area contributed by atoms with Crippen molar-refractivity contribution in [3.8, 4) is 11.4 Å². The third-order valence-corrected chi connectivity index (χ3v) is 3.95. The molecule has 0 fully saturated rings. The standard InChI is InChI=1S/C19H17N5O/c20-14-6-8-15(9-7-14)21-12-13-5-10-19(25)18(11-13)24-22-16-3-1-2-4-17(16)23-24/h1-11,21,25H,12,20H2. The number of phenolic OH excluding ortho intramolecular Hbond substituents is 1. The van der Waals surface area contributed by atoms with Gasteiger partial charge in [-0.05, 0) is 54.1 Å². The van der Waals surface area contributed by atoms with Gasteiger partial charge >= 0.3 is 0 Å². The first kappa shape index (κ1) is 15.0. The van der Waals surface area contributed by atoms with Gasteiger partial charge in [0.1, 0.15) is 22.5 Å². The Morgan fingerprint density at radius 1 is 0.920 bits per heavy atom. The number of nitrogens with one attached hydrogen (secondary N) is 1. The SMILES string of the molecule is Nc1ccc(NCc2ccc(O)c(-n3nc4ccccc4n3)c2)cc1. The summed E-state index contributed by atoms with van der Waals surface area (Å²) in [6.07, 6.45) is 0. The molecule has 3 aromatic carbocycles. The van der Waals surface area contributed by atoms with Crippen LogP contribution in [0.1, 0.15) is 5.56 Å². The van der Waals surface area contributed by atoms with Gasteiger partial charge in [0.25, 0.3) is 0 Å². The predicted octanol–water partition coefficient (Wildman–Crippen LogP) is 3.32. The van der Waals surface area contributed by atoms with Gasteiger partial charge in [0.2, 0.25) is 0 Å². The van der Waals surface area contributed by atoms with Crippen LogP contribution in [0.3, 0.4) is 0 Å². The van der Waals surface area contributed by atoms with E-state index in [4.69, 9.17) is 5.73 Å². The van der Waals surface area contributed by atoms with Gasteiger partial charge in [0.05, 0.1) is 0 Å². The van der Waals surface area contributed by atoms with Gasteiger partial charge in [-0.2, -0.15) is 0 Å². The summed E-state index contributed by atoms with van der Waals surface area (Å²) in [6.45, 7) is 0.609. The van der Waals surface area contributed by atoms with Crippen LogP contribution in [0.2, 0.25) is 0 Å². The Hall–Kier alpha value is -3.54. The van der Waals surface area contributed by atoms with Crippen molar-refractivity contribution in [2.45, 2.75) is 6.54 Å². The molecule has 0 aliphatic carbocycles. The largest absolute Gasteiger partial charge is 0.506 e. The molecule has 0 saturated carbocycles. The Morgan fingerprint density at radius 3 is 2.28 bits per heavy atom. The molecule has 4 rings (SSSR count). The van der Waals surface area contributed by atoms with E-state index >= 15 is 0 Å². The number of aromatic nitrogens is 3. The Morgan fingerprint density at radius 2 is 1.60 bits per heavy atom. The second-order valence-electron chi connectivity index (χ2n) is 5.78. The molecule has 6 nitrogen and oxygen atoms in total. The highest BCUT2D eigenvalue weighted by Gasteiger charge is 2.09. The first-order valence-corrected chi connectivity index (χ1v) is 7.93. The van der Waals surface area contributed by atoms with Crippen molar-refractivity contribution < 1.29 is 5.11 Å². The van der Waals surface area contributed by atoms with E-state index in [9.17, 15) is 5.11 Å². The van der Waals surface area contributed by atoms with Gasteiger partial charge in [-0.15, -0.1) is 15.0 Å². The van der Waals surface area contributed by atoms with Crippen LogP contribution in [0, 0.1) is 0 Å². The van der Waals surface area contributed by atoms with Crippen LogP contribution < -0.4 is 11.1 Å². The van der Waals surface area contributed by atoms with Crippen molar-refractivity contribution in [1.82, 2.24) is 15.0 Å². The van der Waals surface area contributed by atoms with Crippen molar-refractivity contribution in [2.75, 3.05) is 11.1 Å². The third-order valence-electron chi connectivity index (χ3n) is 3.95. The maximum atomic E-state index is 10.2. The molecule has 0 aliphatic heterocycles. The molecule has 4 aromatic rings.